The van der Waals surface area contributed by atoms with Crippen LogP contribution in [0.2, 0.25) is 0 Å². The van der Waals surface area contributed by atoms with Crippen molar-refractivity contribution in [2.75, 3.05) is 39.8 Å². The van der Waals surface area contributed by atoms with Crippen LogP contribution in [0.15, 0.2) is 0 Å². The van der Waals surface area contributed by atoms with E-state index < -0.39 is 10.8 Å². The predicted molar refractivity (Wildman–Crippen MR) is 65.2 cm³/mol. The van der Waals surface area contributed by atoms with Crippen molar-refractivity contribution in [1.82, 2.24) is 4.90 Å². The highest BCUT2D eigenvalue weighted by atomic mass is 32.2. The zero-order valence-corrected chi connectivity index (χ0v) is 11.3. The van der Waals surface area contributed by atoms with Gasteiger partial charge in [-0.3, -0.25) is 9.00 Å². The van der Waals surface area contributed by atoms with Crippen LogP contribution in [0, 0.1) is 11.3 Å². The normalized spacial score (nSPS) is 6.69. The molecule has 16 heavy (non-hydrogen) atoms. The summed E-state index contributed by atoms with van der Waals surface area (Å²) in [6.45, 7) is 1.18. The van der Waals surface area contributed by atoms with Crippen LogP contribution in [0.25, 0.3) is 0 Å². The fourth-order valence-corrected chi connectivity index (χ4v) is 0. The lowest BCUT2D eigenvalue weighted by molar-refractivity contribution is -0.115. The molecular weight excluding hydrogens is 232 g/mol. The van der Waals surface area contributed by atoms with Gasteiger partial charge in [-0.15, -0.1) is 0 Å². The summed E-state index contributed by atoms with van der Waals surface area (Å²) in [5.41, 5.74) is 0. The topological polar surface area (TPSA) is 102 Å². The van der Waals surface area contributed by atoms with E-state index in [0.29, 0.717) is 0 Å². The van der Waals surface area contributed by atoms with E-state index in [2.05, 4.69) is 0 Å². The third-order valence-corrected chi connectivity index (χ3v) is 0.311. The van der Waals surface area contributed by atoms with Crippen molar-refractivity contribution in [3.63, 3.8) is 0 Å². The number of nitrogens with zero attached hydrogens (tertiary/aromatic N) is 2. The maximum Gasteiger partial charge on any atom is 0.209 e. The molecule has 0 aromatic heterocycles. The van der Waals surface area contributed by atoms with Gasteiger partial charge in [-0.1, -0.05) is 0 Å². The van der Waals surface area contributed by atoms with Gasteiger partial charge in [0, 0.05) is 44.3 Å². The van der Waals surface area contributed by atoms with Crippen LogP contribution in [0.5, 0.6) is 0 Å². The minimum Gasteiger partial charge on any atom is -0.394 e. The van der Waals surface area contributed by atoms with Gasteiger partial charge in [-0.2, -0.15) is 5.26 Å². The first-order valence-corrected chi connectivity index (χ1v) is 6.19. The Bertz CT molecular complexity index is 175. The zero-order valence-electron chi connectivity index (χ0n) is 10.5. The molecule has 1 amide bonds. The van der Waals surface area contributed by atoms with Gasteiger partial charge >= 0.3 is 0 Å². The average Bonchev–Trinajstić information content (AvgIpc) is 2.18. The highest BCUT2D eigenvalue weighted by Gasteiger charge is 1.68. The number of amides is 1. The molecule has 0 aliphatic rings. The summed E-state index contributed by atoms with van der Waals surface area (Å²) in [6, 6.07) is 1.75. The molecule has 0 aromatic carbocycles. The Hall–Kier alpha value is -0.970. The van der Waals surface area contributed by atoms with Crippen molar-refractivity contribution < 1.29 is 19.2 Å². The van der Waals surface area contributed by atoms with E-state index in [-0.39, 0.29) is 13.2 Å². The Morgan fingerprint density at radius 1 is 1.31 bits per heavy atom. The van der Waals surface area contributed by atoms with E-state index >= 15 is 0 Å². The Kier molecular flexibility index (Phi) is 44.4. The van der Waals surface area contributed by atoms with Gasteiger partial charge in [0.2, 0.25) is 6.41 Å². The number of hydrogen-bond acceptors (Lipinski definition) is 5. The lowest BCUT2D eigenvalue weighted by atomic mass is 10.8. The van der Waals surface area contributed by atoms with Crippen LogP contribution >= 0.6 is 0 Å². The zero-order chi connectivity index (χ0) is 14.0. The Morgan fingerprint density at radius 3 is 1.44 bits per heavy atom. The molecule has 2 N–H and O–H groups in total. The highest BCUT2D eigenvalue weighted by molar-refractivity contribution is 7.83. The lowest BCUT2D eigenvalue weighted by Crippen LogP contribution is -2.06. The second-order valence-electron chi connectivity index (χ2n) is 2.48. The Morgan fingerprint density at radius 2 is 1.44 bits per heavy atom. The van der Waals surface area contributed by atoms with Gasteiger partial charge in [-0.05, 0) is 0 Å². The van der Waals surface area contributed by atoms with Gasteiger partial charge in [-0.25, -0.2) is 0 Å². The maximum absolute atomic E-state index is 9.56. The summed E-state index contributed by atoms with van der Waals surface area (Å²) in [5, 5.41) is 22.6. The summed E-state index contributed by atoms with van der Waals surface area (Å²) in [6.07, 6.45) is 4.03. The van der Waals surface area contributed by atoms with Crippen molar-refractivity contribution in [2.45, 2.75) is 6.92 Å². The second kappa shape index (κ2) is 29.2. The second-order valence-corrected chi connectivity index (χ2v) is 3.96. The minimum absolute atomic E-state index is 0.125. The van der Waals surface area contributed by atoms with Crippen molar-refractivity contribution in [2.24, 2.45) is 0 Å². The standard InChI is InChI=1S/C3H7NO.C2H3N.C2H6O2.C2H6OS/c1-4(2)3-5;1-2-3;3-1-2-4;1-4(2)3/h3H,1-2H3;1H3;3-4H,1-2H2;1-2H3. The molecule has 0 saturated carbocycles. The molecule has 6 nitrogen and oxygen atoms in total. The first kappa shape index (κ1) is 24.3. The van der Waals surface area contributed by atoms with Crippen LogP contribution < -0.4 is 0 Å². The van der Waals surface area contributed by atoms with Gasteiger partial charge in [0.15, 0.2) is 0 Å². The average molecular weight is 254 g/mol. The molecule has 0 rings (SSSR count). The van der Waals surface area contributed by atoms with Crippen molar-refractivity contribution in [1.29, 1.82) is 5.26 Å². The maximum atomic E-state index is 9.56. The van der Waals surface area contributed by atoms with E-state index in [1.807, 2.05) is 0 Å². The molecule has 0 heterocycles. The van der Waals surface area contributed by atoms with Crippen molar-refractivity contribution in [3.05, 3.63) is 0 Å². The molecular formula is C9H22N2O4S. The molecule has 0 radical (unpaired) electrons. The molecule has 0 aliphatic heterocycles. The van der Waals surface area contributed by atoms with Crippen LogP contribution in [-0.2, 0) is 15.6 Å². The summed E-state index contributed by atoms with van der Waals surface area (Å²) >= 11 is 0. The minimum atomic E-state index is -0.611. The van der Waals surface area contributed by atoms with Gasteiger partial charge in [0.25, 0.3) is 0 Å². The first-order chi connectivity index (χ1) is 7.33. The summed E-state index contributed by atoms with van der Waals surface area (Å²) in [4.78, 5) is 10.9. The number of aliphatic hydroxyl groups excluding tert-OH is 2. The molecule has 0 spiro atoms. The fourth-order valence-electron chi connectivity index (χ4n) is 0. The molecule has 0 fully saturated rings. The van der Waals surface area contributed by atoms with Gasteiger partial charge in [0.1, 0.15) is 0 Å². The third-order valence-electron chi connectivity index (χ3n) is 0.311. The van der Waals surface area contributed by atoms with E-state index in [1.54, 1.807) is 32.7 Å². The summed E-state index contributed by atoms with van der Waals surface area (Å²) < 4.78 is 9.56. The van der Waals surface area contributed by atoms with Gasteiger partial charge < -0.3 is 15.1 Å². The quantitative estimate of drug-likeness (QED) is 0.628. The molecule has 0 bridgehead atoms. The number of nitriles is 1. The van der Waals surface area contributed by atoms with E-state index in [4.69, 9.17) is 15.5 Å². The monoisotopic (exact) mass is 254 g/mol. The molecule has 0 aromatic rings. The lowest BCUT2D eigenvalue weighted by Gasteiger charge is -1.93. The van der Waals surface area contributed by atoms with E-state index in [1.165, 1.54) is 11.8 Å². The van der Waals surface area contributed by atoms with Crippen molar-refractivity contribution >= 4 is 17.2 Å². The number of aliphatic hydroxyl groups is 2. The Labute approximate surface area is 100.0 Å². The van der Waals surface area contributed by atoms with Gasteiger partial charge in [0.05, 0.1) is 19.3 Å². The number of carbonyl (C=O) groups is 1. The first-order valence-electron chi connectivity index (χ1n) is 4.23. The molecule has 0 atom stereocenters. The van der Waals surface area contributed by atoms with Crippen molar-refractivity contribution in [3.8, 4) is 6.07 Å². The molecule has 0 saturated heterocycles. The highest BCUT2D eigenvalue weighted by Crippen LogP contribution is 1.52. The summed E-state index contributed by atoms with van der Waals surface area (Å²) in [7, 11) is 2.76. The molecule has 98 valence electrons. The van der Waals surface area contributed by atoms with Crippen LogP contribution in [0.3, 0.4) is 0 Å². The smallest absolute Gasteiger partial charge is 0.209 e. The van der Waals surface area contributed by atoms with E-state index in [0.717, 1.165) is 6.41 Å². The molecule has 7 heteroatoms. The number of rotatable bonds is 2. The predicted octanol–water partition coefficient (Wildman–Crippen LogP) is -0.800. The third kappa shape index (κ3) is 458. The van der Waals surface area contributed by atoms with E-state index in [9.17, 15) is 9.00 Å². The summed E-state index contributed by atoms with van der Waals surface area (Å²) in [5.74, 6) is 0. The van der Waals surface area contributed by atoms with Crippen LogP contribution in [0.1, 0.15) is 6.92 Å². The Balaban J connectivity index is -0.0000000610. The number of carbonyl (C=O) groups excluding carboxylic acids is 1. The van der Waals surface area contributed by atoms with Crippen LogP contribution in [-0.4, -0.2) is 65.6 Å². The van der Waals surface area contributed by atoms with Crippen LogP contribution in [0.4, 0.5) is 0 Å². The molecule has 0 aliphatic carbocycles. The SMILES string of the molecule is CC#N.CN(C)C=O.CS(C)=O.OCCO. The fraction of sp³-hybridized carbons (Fsp3) is 0.778. The largest absolute Gasteiger partial charge is 0.394 e. The number of hydrogen-bond donors (Lipinski definition) is 2. The molecule has 0 unspecified atom stereocenters.